The summed E-state index contributed by atoms with van der Waals surface area (Å²) >= 11 is 9.87. The van der Waals surface area contributed by atoms with Crippen LogP contribution in [0.2, 0.25) is 5.02 Å². The predicted molar refractivity (Wildman–Crippen MR) is 106 cm³/mol. The van der Waals surface area contributed by atoms with Crippen molar-refractivity contribution in [2.24, 2.45) is 7.05 Å². The van der Waals surface area contributed by atoms with Gasteiger partial charge in [-0.3, -0.25) is 4.98 Å². The number of imidazole rings is 1. The van der Waals surface area contributed by atoms with E-state index < -0.39 is 0 Å². The number of fused-ring (bicyclic) bond motifs is 2. The topological polar surface area (TPSA) is 30.7 Å². The second-order valence-corrected chi connectivity index (χ2v) is 7.77. The fraction of sp³-hybridized carbons (Fsp3) is 0.200. The molecule has 3 aromatic rings. The van der Waals surface area contributed by atoms with Gasteiger partial charge in [-0.2, -0.15) is 0 Å². The van der Waals surface area contributed by atoms with E-state index in [0.29, 0.717) is 0 Å². The molecule has 1 aliphatic carbocycles. The first-order valence-corrected chi connectivity index (χ1v) is 9.31. The zero-order chi connectivity index (χ0) is 17.6. The SMILES string of the molecule is CC(C1=Cc2cc(Br)cnc2Cc2ccc(Cl)cc21)c1cncn1C. The van der Waals surface area contributed by atoms with E-state index in [1.165, 1.54) is 22.4 Å². The fourth-order valence-corrected chi connectivity index (χ4v) is 3.98. The van der Waals surface area contributed by atoms with Gasteiger partial charge in [0, 0.05) is 47.0 Å². The Morgan fingerprint density at radius 2 is 2.08 bits per heavy atom. The first-order valence-electron chi connectivity index (χ1n) is 8.14. The van der Waals surface area contributed by atoms with E-state index in [1.807, 2.05) is 31.8 Å². The highest BCUT2D eigenvalue weighted by Gasteiger charge is 2.23. The molecular weight excluding hydrogens is 398 g/mol. The Labute approximate surface area is 160 Å². The van der Waals surface area contributed by atoms with Crippen molar-refractivity contribution >= 4 is 39.2 Å². The summed E-state index contributed by atoms with van der Waals surface area (Å²) in [4.78, 5) is 8.92. The highest BCUT2D eigenvalue weighted by Crippen LogP contribution is 2.39. The number of aryl methyl sites for hydroxylation is 1. The fourth-order valence-electron chi connectivity index (χ4n) is 3.46. The van der Waals surface area contributed by atoms with Crippen LogP contribution in [-0.2, 0) is 13.5 Å². The number of halogens is 2. The second-order valence-electron chi connectivity index (χ2n) is 6.42. The van der Waals surface area contributed by atoms with Gasteiger partial charge in [0.05, 0.1) is 12.0 Å². The molecule has 4 rings (SSSR count). The van der Waals surface area contributed by atoms with Crippen LogP contribution in [0.5, 0.6) is 0 Å². The van der Waals surface area contributed by atoms with Crippen LogP contribution >= 0.6 is 27.5 Å². The van der Waals surface area contributed by atoms with Crippen molar-refractivity contribution in [3.05, 3.63) is 80.6 Å². The lowest BCUT2D eigenvalue weighted by Crippen LogP contribution is -2.04. The molecule has 0 aliphatic heterocycles. The molecule has 1 unspecified atom stereocenters. The quantitative estimate of drug-likeness (QED) is 0.556. The minimum Gasteiger partial charge on any atom is -0.337 e. The first-order chi connectivity index (χ1) is 12.0. The summed E-state index contributed by atoms with van der Waals surface area (Å²) in [5.74, 6) is 0.189. The molecule has 0 bridgehead atoms. The Balaban J connectivity index is 1.95. The molecule has 0 spiro atoms. The number of hydrogen-bond acceptors (Lipinski definition) is 2. The van der Waals surface area contributed by atoms with E-state index in [4.69, 9.17) is 11.6 Å². The Morgan fingerprint density at radius 3 is 2.84 bits per heavy atom. The zero-order valence-corrected chi connectivity index (χ0v) is 16.3. The number of aromatic nitrogens is 3. The molecule has 1 aliphatic rings. The Morgan fingerprint density at radius 1 is 1.24 bits per heavy atom. The molecule has 25 heavy (non-hydrogen) atoms. The molecule has 1 aromatic carbocycles. The van der Waals surface area contributed by atoms with Crippen molar-refractivity contribution in [2.75, 3.05) is 0 Å². The lowest BCUT2D eigenvalue weighted by atomic mass is 9.88. The highest BCUT2D eigenvalue weighted by atomic mass is 79.9. The van der Waals surface area contributed by atoms with Gasteiger partial charge in [-0.05, 0) is 62.5 Å². The molecule has 3 nitrogen and oxygen atoms in total. The van der Waals surface area contributed by atoms with Crippen LogP contribution in [0.4, 0.5) is 0 Å². The molecule has 0 fully saturated rings. The molecule has 0 radical (unpaired) electrons. The maximum atomic E-state index is 6.32. The monoisotopic (exact) mass is 413 g/mol. The van der Waals surface area contributed by atoms with Crippen molar-refractivity contribution in [3.63, 3.8) is 0 Å². The third-order valence-electron chi connectivity index (χ3n) is 4.79. The third-order valence-corrected chi connectivity index (χ3v) is 5.46. The molecule has 0 N–H and O–H groups in total. The van der Waals surface area contributed by atoms with Crippen LogP contribution in [0, 0.1) is 0 Å². The number of allylic oxidation sites excluding steroid dienone is 1. The smallest absolute Gasteiger partial charge is 0.0945 e. The summed E-state index contributed by atoms with van der Waals surface area (Å²) in [5, 5.41) is 0.752. The molecule has 1 atom stereocenters. The van der Waals surface area contributed by atoms with E-state index in [2.05, 4.69) is 61.7 Å². The third kappa shape index (κ3) is 3.05. The van der Waals surface area contributed by atoms with E-state index in [1.54, 1.807) is 0 Å². The number of benzene rings is 1. The Hall–Kier alpha value is -1.91. The number of hydrogen-bond donors (Lipinski definition) is 0. The zero-order valence-electron chi connectivity index (χ0n) is 14.0. The van der Waals surface area contributed by atoms with Crippen molar-refractivity contribution in [3.8, 4) is 0 Å². The van der Waals surface area contributed by atoms with Crippen LogP contribution in [0.25, 0.3) is 11.6 Å². The van der Waals surface area contributed by atoms with Crippen molar-refractivity contribution in [1.29, 1.82) is 0 Å². The van der Waals surface area contributed by atoms with Gasteiger partial charge in [-0.25, -0.2) is 4.98 Å². The summed E-state index contributed by atoms with van der Waals surface area (Å²) in [6, 6.07) is 8.26. The normalized spacial score (nSPS) is 14.3. The van der Waals surface area contributed by atoms with Crippen LogP contribution in [0.3, 0.4) is 0 Å². The van der Waals surface area contributed by atoms with Gasteiger partial charge < -0.3 is 4.57 Å². The predicted octanol–water partition coefficient (Wildman–Crippen LogP) is 5.48. The summed E-state index contributed by atoms with van der Waals surface area (Å²) in [6.07, 6.45) is 8.67. The molecule has 2 heterocycles. The first kappa shape index (κ1) is 16.6. The average molecular weight is 415 g/mol. The average Bonchev–Trinajstić information content (AvgIpc) is 2.94. The van der Waals surface area contributed by atoms with Gasteiger partial charge in [0.15, 0.2) is 0 Å². The second kappa shape index (κ2) is 6.43. The van der Waals surface area contributed by atoms with Crippen LogP contribution in [0.15, 0.2) is 47.5 Å². The van der Waals surface area contributed by atoms with Gasteiger partial charge in [0.25, 0.3) is 0 Å². The van der Waals surface area contributed by atoms with E-state index in [0.717, 1.165) is 27.2 Å². The molecular formula is C20H17BrClN3. The molecule has 0 amide bonds. The van der Waals surface area contributed by atoms with E-state index in [-0.39, 0.29) is 5.92 Å². The van der Waals surface area contributed by atoms with Crippen LogP contribution in [-0.4, -0.2) is 14.5 Å². The maximum Gasteiger partial charge on any atom is 0.0945 e. The molecule has 0 saturated heterocycles. The Kier molecular flexibility index (Phi) is 4.26. The lowest BCUT2D eigenvalue weighted by Gasteiger charge is -2.19. The molecule has 5 heteroatoms. The van der Waals surface area contributed by atoms with Gasteiger partial charge in [0.2, 0.25) is 0 Å². The number of pyridine rings is 1. The van der Waals surface area contributed by atoms with Gasteiger partial charge in [-0.1, -0.05) is 24.6 Å². The standard InChI is InChI=1S/C20H17BrClN3/c1-12(20-10-23-11-25(20)2)17-6-14-5-15(21)9-24-19(14)7-13-3-4-16(22)8-18(13)17/h3-6,8-12H,7H2,1-2H3. The molecule has 126 valence electrons. The summed E-state index contributed by atoms with van der Waals surface area (Å²) < 4.78 is 3.06. The van der Waals surface area contributed by atoms with Crippen molar-refractivity contribution in [1.82, 2.24) is 14.5 Å². The van der Waals surface area contributed by atoms with Crippen molar-refractivity contribution in [2.45, 2.75) is 19.3 Å². The largest absolute Gasteiger partial charge is 0.337 e. The molecule has 0 saturated carbocycles. The number of rotatable bonds is 2. The summed E-state index contributed by atoms with van der Waals surface area (Å²) in [6.45, 7) is 2.21. The van der Waals surface area contributed by atoms with Crippen LogP contribution < -0.4 is 0 Å². The summed E-state index contributed by atoms with van der Waals surface area (Å²) in [7, 11) is 2.03. The number of nitrogens with zero attached hydrogens (tertiary/aromatic N) is 3. The van der Waals surface area contributed by atoms with Crippen LogP contribution in [0.1, 0.15) is 40.9 Å². The molecule has 2 aromatic heterocycles. The lowest BCUT2D eigenvalue weighted by molar-refractivity contribution is 0.794. The minimum atomic E-state index is 0.189. The Bertz CT molecular complexity index is 990. The van der Waals surface area contributed by atoms with Gasteiger partial charge >= 0.3 is 0 Å². The van der Waals surface area contributed by atoms with Crippen molar-refractivity contribution < 1.29 is 0 Å². The maximum absolute atomic E-state index is 6.32. The van der Waals surface area contributed by atoms with Gasteiger partial charge in [-0.15, -0.1) is 0 Å². The minimum absolute atomic E-state index is 0.189. The highest BCUT2D eigenvalue weighted by molar-refractivity contribution is 9.10. The van der Waals surface area contributed by atoms with E-state index >= 15 is 0 Å². The van der Waals surface area contributed by atoms with E-state index in [9.17, 15) is 0 Å². The summed E-state index contributed by atoms with van der Waals surface area (Å²) in [5.41, 5.74) is 7.07. The van der Waals surface area contributed by atoms with Gasteiger partial charge in [0.1, 0.15) is 0 Å².